The molecule has 0 aromatic heterocycles. The Labute approximate surface area is 96.7 Å². The molecule has 0 saturated carbocycles. The average Bonchev–Trinajstić information content (AvgIpc) is 0.918. The van der Waals surface area contributed by atoms with Crippen LogP contribution in [0.3, 0.4) is 0 Å². The number of hydrogen-bond donors (Lipinski definition) is 0. The minimum Gasteiger partial charge on any atom is 1.00 e. The molecule has 0 aliphatic heterocycles. The van der Waals surface area contributed by atoms with Gasteiger partial charge in [-0.2, -0.15) is 0 Å². The van der Waals surface area contributed by atoms with Gasteiger partial charge < -0.3 is 4.89 Å². The second-order valence-electron chi connectivity index (χ2n) is 0.0745. The van der Waals surface area contributed by atoms with Crippen LogP contribution in [-0.2, 0) is 4.57 Å². The van der Waals surface area contributed by atoms with Gasteiger partial charge in [0.15, 0.2) is 0 Å². The summed E-state index contributed by atoms with van der Waals surface area (Å²) in [5, 5.41) is 0. The Morgan fingerprint density at radius 1 is 1.60 bits per heavy atom. The summed E-state index contributed by atoms with van der Waals surface area (Å²) in [6.07, 6.45) is 0. The fourth-order valence-electron chi connectivity index (χ4n) is 0. The van der Waals surface area contributed by atoms with E-state index in [1.54, 1.807) is 0 Å². The molecule has 5 heteroatoms. The zero-order valence-corrected chi connectivity index (χ0v) is 5.16. The van der Waals surface area contributed by atoms with Gasteiger partial charge >= 0.3 is 80.9 Å². The summed E-state index contributed by atoms with van der Waals surface area (Å²) in [5.41, 5.74) is 0. The zero-order valence-electron chi connectivity index (χ0n) is 2.26. The Hall–Kier alpha value is 2.70. The monoisotopic (exact) mass is 126 g/mol. The molecule has 0 N–H and O–H groups in total. The first-order valence-corrected chi connectivity index (χ1v) is 1.10. The zero-order chi connectivity index (χ0) is 2.71. The second-order valence-corrected chi connectivity index (χ2v) is 0.224. The minimum absolute atomic E-state index is 0. The van der Waals surface area contributed by atoms with Crippen molar-refractivity contribution >= 4 is 60.1 Å². The smallest absolute Gasteiger partial charge is 1.00 e. The van der Waals surface area contributed by atoms with Crippen molar-refractivity contribution in [3.05, 3.63) is 0 Å². The Kier molecular flexibility index (Phi) is 49.8. The van der Waals surface area contributed by atoms with E-state index in [0.29, 0.717) is 0 Å². The maximum Gasteiger partial charge on any atom is 1.00 e. The van der Waals surface area contributed by atoms with Gasteiger partial charge in [0, 0.05) is 0 Å². The molecule has 2 nitrogen and oxygen atoms in total. The molecule has 0 fully saturated rings. The predicted molar refractivity (Wildman–Crippen MR) is 14.8 cm³/mol. The van der Waals surface area contributed by atoms with Crippen molar-refractivity contribution < 1.29 is 39.0 Å². The summed E-state index contributed by atoms with van der Waals surface area (Å²) in [7, 11) is -1.08. The van der Waals surface area contributed by atoms with Crippen molar-refractivity contribution in [2.45, 2.75) is 0 Å². The third kappa shape index (κ3) is 20.3. The van der Waals surface area contributed by atoms with E-state index in [1.165, 1.54) is 0 Å². The third-order valence-electron chi connectivity index (χ3n) is 0. The van der Waals surface area contributed by atoms with Crippen molar-refractivity contribution in [2.24, 2.45) is 0 Å². The summed E-state index contributed by atoms with van der Waals surface area (Å²) >= 11 is 0. The first-order valence-electron chi connectivity index (χ1n) is 0.365. The maximum atomic E-state index is 8.35. The molecule has 0 saturated heterocycles. The van der Waals surface area contributed by atoms with E-state index >= 15 is 0 Å². The van der Waals surface area contributed by atoms with Crippen molar-refractivity contribution in [1.82, 2.24) is 0 Å². The van der Waals surface area contributed by atoms with E-state index in [4.69, 9.17) is 9.46 Å². The standard InChI is InChI=1S/K.Na.HO2P.H/c;;1-3-2;/h;;(H,1,2);/q;+1;;/p-1. The molecule has 0 aromatic rings. The molecule has 0 heterocycles. The van der Waals surface area contributed by atoms with Gasteiger partial charge in [-0.15, -0.1) is 0 Å². The van der Waals surface area contributed by atoms with E-state index < -0.39 is 8.69 Å². The van der Waals surface area contributed by atoms with Crippen LogP contribution in [0.1, 0.15) is 0 Å². The van der Waals surface area contributed by atoms with Crippen molar-refractivity contribution in [3.63, 3.8) is 0 Å². The van der Waals surface area contributed by atoms with Gasteiger partial charge in [0.1, 0.15) is 0 Å². The molecule has 0 aromatic carbocycles. The SMILES string of the molecule is O=P[O-].[KH].[Na+]. The summed E-state index contributed by atoms with van der Waals surface area (Å²) in [4.78, 5) is 8.35. The average molecular weight is 126 g/mol. The fourth-order valence-corrected chi connectivity index (χ4v) is 0. The minimum atomic E-state index is -1.08. The quantitative estimate of drug-likeness (QED) is 0.244. The predicted octanol–water partition coefficient (Wildman–Crippen LogP) is -4.09. The molecule has 20 valence electrons. The molecular weight excluding hydrogens is 125 g/mol. The van der Waals surface area contributed by atoms with E-state index in [2.05, 4.69) is 0 Å². The van der Waals surface area contributed by atoms with Crippen LogP contribution in [-0.4, -0.2) is 51.4 Å². The van der Waals surface area contributed by atoms with Crippen LogP contribution < -0.4 is 34.5 Å². The third-order valence-corrected chi connectivity index (χ3v) is 0. The largest absolute Gasteiger partial charge is 1.00 e. The summed E-state index contributed by atoms with van der Waals surface area (Å²) in [5.74, 6) is 0. The Morgan fingerprint density at radius 2 is 1.60 bits per heavy atom. The van der Waals surface area contributed by atoms with Gasteiger partial charge in [-0.25, -0.2) is 0 Å². The summed E-state index contributed by atoms with van der Waals surface area (Å²) in [6, 6.07) is 0. The molecule has 0 aliphatic carbocycles. The molecule has 0 radical (unpaired) electrons. The number of rotatable bonds is 0. The maximum absolute atomic E-state index is 8.35. The van der Waals surface area contributed by atoms with Crippen molar-refractivity contribution in [3.8, 4) is 0 Å². The normalized spacial score (nSPS) is 4.20. The van der Waals surface area contributed by atoms with Gasteiger partial charge in [0.05, 0.1) is 8.69 Å². The Balaban J connectivity index is -0.0000000200. The van der Waals surface area contributed by atoms with Crippen LogP contribution in [0.4, 0.5) is 0 Å². The van der Waals surface area contributed by atoms with Crippen LogP contribution in [0, 0.1) is 0 Å². The van der Waals surface area contributed by atoms with Crippen LogP contribution in [0.25, 0.3) is 0 Å². The van der Waals surface area contributed by atoms with E-state index in [0.717, 1.165) is 0 Å². The van der Waals surface area contributed by atoms with Gasteiger partial charge in [0.2, 0.25) is 0 Å². The number of hydrogen-bond acceptors (Lipinski definition) is 2. The van der Waals surface area contributed by atoms with Gasteiger partial charge in [-0.05, 0) is 0 Å². The second kappa shape index (κ2) is 15.9. The molecule has 0 bridgehead atoms. The van der Waals surface area contributed by atoms with Crippen LogP contribution >= 0.6 is 8.69 Å². The van der Waals surface area contributed by atoms with Crippen LogP contribution in [0.15, 0.2) is 0 Å². The van der Waals surface area contributed by atoms with Crippen molar-refractivity contribution in [1.29, 1.82) is 0 Å². The summed E-state index contributed by atoms with van der Waals surface area (Å²) < 4.78 is 8.35. The van der Waals surface area contributed by atoms with E-state index in [1.807, 2.05) is 0 Å². The molecular formula is HKNaO2P. The molecule has 0 aliphatic rings. The molecule has 0 amide bonds. The molecule has 0 spiro atoms. The van der Waals surface area contributed by atoms with Gasteiger partial charge in [-0.3, -0.25) is 4.57 Å². The van der Waals surface area contributed by atoms with E-state index in [-0.39, 0.29) is 80.9 Å². The molecule has 0 atom stereocenters. The molecule has 0 rings (SSSR count). The molecule has 0 unspecified atom stereocenters. The van der Waals surface area contributed by atoms with Gasteiger partial charge in [-0.1, -0.05) is 0 Å². The van der Waals surface area contributed by atoms with E-state index in [9.17, 15) is 0 Å². The van der Waals surface area contributed by atoms with Crippen LogP contribution in [0.5, 0.6) is 0 Å². The van der Waals surface area contributed by atoms with Gasteiger partial charge in [0.25, 0.3) is 0 Å². The fraction of sp³-hybridized carbons (Fsp3) is 0. The summed E-state index contributed by atoms with van der Waals surface area (Å²) in [6.45, 7) is 0. The first kappa shape index (κ1) is 15.6. The Morgan fingerprint density at radius 3 is 1.60 bits per heavy atom. The first-order chi connectivity index (χ1) is 1.41. The Bertz CT molecular complexity index is 17.1. The van der Waals surface area contributed by atoms with Crippen LogP contribution in [0.2, 0.25) is 0 Å². The molecule has 5 heavy (non-hydrogen) atoms. The van der Waals surface area contributed by atoms with Crippen molar-refractivity contribution in [2.75, 3.05) is 0 Å². The topological polar surface area (TPSA) is 40.1 Å².